The first-order valence-corrected chi connectivity index (χ1v) is 10.4. The molecule has 0 radical (unpaired) electrons. The Hall–Kier alpha value is -1.69. The molecule has 0 unspecified atom stereocenters. The second-order valence-corrected chi connectivity index (χ2v) is 7.63. The quantitative estimate of drug-likeness (QED) is 0.286. The molecule has 0 atom stereocenters. The van der Waals surface area contributed by atoms with Crippen molar-refractivity contribution in [2.75, 3.05) is 13.2 Å². The van der Waals surface area contributed by atoms with E-state index in [1.165, 1.54) is 13.8 Å². The largest absolute Gasteiger partial charge is 0.464 e. The van der Waals surface area contributed by atoms with Crippen LogP contribution in [0.1, 0.15) is 60.3 Å². The first-order valence-electron chi connectivity index (χ1n) is 8.94. The summed E-state index contributed by atoms with van der Waals surface area (Å²) in [6.45, 7) is 6.32. The topological polar surface area (TPSA) is 132 Å². The Morgan fingerprint density at radius 2 is 1.21 bits per heavy atom. The van der Waals surface area contributed by atoms with E-state index in [-0.39, 0.29) is 32.3 Å². The Labute approximate surface area is 163 Å². The molecule has 0 aromatic carbocycles. The van der Waals surface area contributed by atoms with Crippen LogP contribution in [-0.4, -0.2) is 54.5 Å². The Morgan fingerprint density at radius 3 is 1.50 bits per heavy atom. The maximum Gasteiger partial charge on any atom is 0.402 e. The van der Waals surface area contributed by atoms with E-state index in [2.05, 4.69) is 15.0 Å². The molecule has 0 heterocycles. The van der Waals surface area contributed by atoms with Crippen LogP contribution in [0.15, 0.2) is 10.2 Å². The molecule has 0 aromatic heterocycles. The molecule has 0 fully saturated rings. The van der Waals surface area contributed by atoms with Gasteiger partial charge < -0.3 is 9.47 Å². The van der Waals surface area contributed by atoms with E-state index in [0.717, 1.165) is 0 Å². The van der Waals surface area contributed by atoms with Gasteiger partial charge in [-0.05, 0) is 32.6 Å². The lowest BCUT2D eigenvalue weighted by atomic mass is 9.92. The number of hydrogen-bond donors (Lipinski definition) is 1. The van der Waals surface area contributed by atoms with Crippen LogP contribution in [0, 0.1) is 0 Å². The number of carbonyl (C=O) groups excluding carboxylic acids is 2. The molecule has 0 rings (SSSR count). The highest BCUT2D eigenvalue weighted by Crippen LogP contribution is 2.30. The van der Waals surface area contributed by atoms with E-state index < -0.39 is 45.0 Å². The molecule has 0 spiro atoms. The van der Waals surface area contributed by atoms with Gasteiger partial charge >= 0.3 is 27.3 Å². The molecule has 1 N–H and O–H groups in total. The molecule has 0 aliphatic carbocycles. The van der Waals surface area contributed by atoms with E-state index >= 15 is 0 Å². The minimum atomic E-state index is -5.74. The number of carbonyl (C=O) groups is 2. The number of esters is 2. The van der Waals surface area contributed by atoms with Gasteiger partial charge in [0.25, 0.3) is 0 Å². The van der Waals surface area contributed by atoms with Crippen LogP contribution in [0.25, 0.3) is 0 Å². The van der Waals surface area contributed by atoms with Gasteiger partial charge in [0.1, 0.15) is 0 Å². The fraction of sp³-hybridized carbons (Fsp3) is 0.875. The van der Waals surface area contributed by atoms with Gasteiger partial charge in [-0.25, -0.2) is 9.59 Å². The summed E-state index contributed by atoms with van der Waals surface area (Å²) in [5, 5.41) is 3.34. The van der Waals surface area contributed by atoms with Crippen molar-refractivity contribution in [3.05, 3.63) is 0 Å². The number of hydrogen-bond acceptors (Lipinski definition) is 8. The standard InChI is InChI=1S/C16H28F2N2O7S/c1-6-14(7-2,12(21)26-10-5)19-20-15(8-3,9-4)13(22)27-11-16(17,18)28(23,24)25/h6-11H2,1-5H3,(H,23,24,25). The average molecular weight is 430 g/mol. The predicted molar refractivity (Wildman–Crippen MR) is 95.6 cm³/mol. The Bertz CT molecular complexity index is 672. The molecule has 0 aromatic rings. The van der Waals surface area contributed by atoms with Crippen LogP contribution < -0.4 is 0 Å². The van der Waals surface area contributed by atoms with Crippen LogP contribution in [0.3, 0.4) is 0 Å². The first-order chi connectivity index (χ1) is 12.8. The molecule has 164 valence electrons. The Morgan fingerprint density at radius 1 is 0.857 bits per heavy atom. The monoisotopic (exact) mass is 430 g/mol. The summed E-state index contributed by atoms with van der Waals surface area (Å²) in [4.78, 5) is 24.7. The summed E-state index contributed by atoms with van der Waals surface area (Å²) < 4.78 is 65.9. The molecule has 9 nitrogen and oxygen atoms in total. The fourth-order valence-corrected chi connectivity index (χ4v) is 2.46. The van der Waals surface area contributed by atoms with Gasteiger partial charge in [-0.3, -0.25) is 4.55 Å². The Balaban J connectivity index is 5.75. The van der Waals surface area contributed by atoms with Crippen LogP contribution in [-0.2, 0) is 29.2 Å². The number of nitrogens with zero attached hydrogens (tertiary/aromatic N) is 2. The van der Waals surface area contributed by atoms with Crippen LogP contribution >= 0.6 is 0 Å². The fourth-order valence-electron chi connectivity index (χ4n) is 2.26. The van der Waals surface area contributed by atoms with Gasteiger partial charge in [0, 0.05) is 0 Å². The van der Waals surface area contributed by atoms with Crippen molar-refractivity contribution in [1.82, 2.24) is 0 Å². The van der Waals surface area contributed by atoms with Gasteiger partial charge in [-0.15, -0.1) is 0 Å². The van der Waals surface area contributed by atoms with Crippen LogP contribution in [0.2, 0.25) is 0 Å². The zero-order valence-electron chi connectivity index (χ0n) is 16.7. The lowest BCUT2D eigenvalue weighted by Crippen LogP contribution is -2.43. The van der Waals surface area contributed by atoms with E-state index in [9.17, 15) is 26.8 Å². The number of rotatable bonds is 12. The van der Waals surface area contributed by atoms with Gasteiger partial charge in [-0.2, -0.15) is 27.4 Å². The molecule has 12 heteroatoms. The van der Waals surface area contributed by atoms with Crippen molar-refractivity contribution in [3.8, 4) is 0 Å². The normalized spacial score (nSPS) is 13.6. The van der Waals surface area contributed by atoms with E-state index in [0.29, 0.717) is 0 Å². The third-order valence-corrected chi connectivity index (χ3v) is 5.43. The smallest absolute Gasteiger partial charge is 0.402 e. The molecule has 0 amide bonds. The predicted octanol–water partition coefficient (Wildman–Crippen LogP) is 3.14. The lowest BCUT2D eigenvalue weighted by Gasteiger charge is -2.28. The molecular formula is C16H28F2N2O7S. The van der Waals surface area contributed by atoms with E-state index in [1.807, 2.05) is 0 Å². The van der Waals surface area contributed by atoms with Gasteiger partial charge in [0.2, 0.25) is 0 Å². The molecule has 0 saturated carbocycles. The van der Waals surface area contributed by atoms with Crippen molar-refractivity contribution in [3.63, 3.8) is 0 Å². The molecule has 0 aliphatic rings. The van der Waals surface area contributed by atoms with Gasteiger partial charge in [0.05, 0.1) is 6.61 Å². The van der Waals surface area contributed by atoms with Crippen molar-refractivity contribution >= 4 is 22.1 Å². The van der Waals surface area contributed by atoms with Crippen molar-refractivity contribution in [2.24, 2.45) is 10.2 Å². The third kappa shape index (κ3) is 5.90. The number of azo groups is 1. The highest BCUT2D eigenvalue weighted by Gasteiger charge is 2.48. The van der Waals surface area contributed by atoms with E-state index in [4.69, 9.17) is 9.29 Å². The highest BCUT2D eigenvalue weighted by molar-refractivity contribution is 7.86. The molecule has 0 aliphatic heterocycles. The summed E-state index contributed by atoms with van der Waals surface area (Å²) in [6, 6.07) is 0. The summed E-state index contributed by atoms with van der Waals surface area (Å²) in [7, 11) is -5.74. The van der Waals surface area contributed by atoms with Crippen LogP contribution in [0.5, 0.6) is 0 Å². The van der Waals surface area contributed by atoms with E-state index in [1.54, 1.807) is 20.8 Å². The Kier molecular flexibility index (Phi) is 9.58. The summed E-state index contributed by atoms with van der Waals surface area (Å²) >= 11 is 0. The molecule has 28 heavy (non-hydrogen) atoms. The molecule has 0 saturated heterocycles. The summed E-state index contributed by atoms with van der Waals surface area (Å²) in [5.41, 5.74) is -3.04. The summed E-state index contributed by atoms with van der Waals surface area (Å²) in [5.74, 6) is -1.87. The summed E-state index contributed by atoms with van der Waals surface area (Å²) in [6.07, 6.45) is 0.446. The maximum absolute atomic E-state index is 13.3. The third-order valence-electron chi connectivity index (χ3n) is 4.56. The van der Waals surface area contributed by atoms with Gasteiger partial charge in [-0.1, -0.05) is 27.7 Å². The highest BCUT2D eigenvalue weighted by atomic mass is 32.2. The zero-order chi connectivity index (χ0) is 22.2. The zero-order valence-corrected chi connectivity index (χ0v) is 17.5. The number of halogens is 2. The van der Waals surface area contributed by atoms with Gasteiger partial charge in [0.15, 0.2) is 17.7 Å². The lowest BCUT2D eigenvalue weighted by molar-refractivity contribution is -0.157. The maximum atomic E-state index is 13.3. The van der Waals surface area contributed by atoms with Crippen molar-refractivity contribution in [2.45, 2.75) is 76.6 Å². The van der Waals surface area contributed by atoms with Crippen molar-refractivity contribution in [1.29, 1.82) is 0 Å². The molecular weight excluding hydrogens is 402 g/mol. The number of alkyl halides is 2. The van der Waals surface area contributed by atoms with Crippen LogP contribution in [0.4, 0.5) is 8.78 Å². The minimum absolute atomic E-state index is 0.00435. The second-order valence-electron chi connectivity index (χ2n) is 6.09. The molecule has 0 bridgehead atoms. The second kappa shape index (κ2) is 10.2. The minimum Gasteiger partial charge on any atom is -0.464 e. The number of ether oxygens (including phenoxy) is 2. The van der Waals surface area contributed by atoms with Crippen molar-refractivity contribution < 1.29 is 40.8 Å². The average Bonchev–Trinajstić information content (AvgIpc) is 2.63. The first kappa shape index (κ1) is 26.3. The SMILES string of the molecule is CCOC(=O)C(CC)(CC)N=NC(CC)(CC)C(=O)OCC(F)(F)S(=O)(=O)O.